The molecule has 2 aliphatic heterocycles. The lowest BCUT2D eigenvalue weighted by Crippen LogP contribution is -2.06. The van der Waals surface area contributed by atoms with E-state index in [0.717, 1.165) is 22.3 Å². The van der Waals surface area contributed by atoms with Crippen molar-refractivity contribution in [3.63, 3.8) is 0 Å². The molecule has 0 aliphatic carbocycles. The van der Waals surface area contributed by atoms with E-state index in [4.69, 9.17) is 9.97 Å². The molecule has 0 radical (unpaired) electrons. The monoisotopic (exact) mass is 682 g/mol. The van der Waals surface area contributed by atoms with Crippen molar-refractivity contribution in [3.05, 3.63) is 168 Å². The van der Waals surface area contributed by atoms with Gasteiger partial charge in [0.1, 0.15) is 24.4 Å². The van der Waals surface area contributed by atoms with Crippen LogP contribution in [0.3, 0.4) is 0 Å². The molecule has 2 aliphatic rings. The van der Waals surface area contributed by atoms with Crippen LogP contribution in [-0.2, 0) is 0 Å². The van der Waals surface area contributed by atoms with Crippen LogP contribution in [0.2, 0.25) is 0 Å². The molecule has 52 heavy (non-hydrogen) atoms. The highest BCUT2D eigenvalue weighted by Gasteiger charge is 2.36. The van der Waals surface area contributed by atoms with Crippen LogP contribution in [0.5, 0.6) is 0 Å². The molecule has 0 amide bonds. The molecule has 9 rings (SSSR count). The summed E-state index contributed by atoms with van der Waals surface area (Å²) >= 11 is 0. The molecule has 0 saturated heterocycles. The van der Waals surface area contributed by atoms with Crippen molar-refractivity contribution in [3.8, 4) is 44.5 Å². The number of aliphatic hydroxyl groups is 4. The lowest BCUT2D eigenvalue weighted by molar-refractivity contribution is 0.0259. The van der Waals surface area contributed by atoms with Crippen molar-refractivity contribution in [2.75, 3.05) is 0 Å². The first-order valence-electron chi connectivity index (χ1n) is 17.2. The normalized spacial score (nSPS) is 18.4. The summed E-state index contributed by atoms with van der Waals surface area (Å²) in [5, 5.41) is 47.4. The first-order chi connectivity index (χ1) is 25.5. The van der Waals surface area contributed by atoms with Crippen molar-refractivity contribution in [1.82, 2.24) is 19.9 Å². The minimum Gasteiger partial charge on any atom is -0.384 e. The van der Waals surface area contributed by atoms with Gasteiger partial charge in [0.15, 0.2) is 0 Å². The van der Waals surface area contributed by atoms with Gasteiger partial charge in [-0.15, -0.1) is 0 Å². The van der Waals surface area contributed by atoms with Crippen LogP contribution in [-0.4, -0.2) is 40.4 Å². The van der Waals surface area contributed by atoms with E-state index >= 15 is 0 Å². The van der Waals surface area contributed by atoms with Crippen molar-refractivity contribution in [2.24, 2.45) is 0 Å². The third-order valence-electron chi connectivity index (χ3n) is 9.92. The van der Waals surface area contributed by atoms with Crippen LogP contribution < -0.4 is 0 Å². The number of hydrogen-bond donors (Lipinski definition) is 6. The Labute approximate surface area is 299 Å². The lowest BCUT2D eigenvalue weighted by Gasteiger charge is -2.14. The van der Waals surface area contributed by atoms with Crippen LogP contribution in [0.15, 0.2) is 146 Å². The number of nitrogens with zero attached hydrogens (tertiary/aromatic N) is 2. The number of aromatic amines is 2. The molecule has 0 fully saturated rings. The molecule has 5 heterocycles. The van der Waals surface area contributed by atoms with Crippen molar-refractivity contribution < 1.29 is 20.4 Å². The van der Waals surface area contributed by atoms with Gasteiger partial charge >= 0.3 is 0 Å². The average Bonchev–Trinajstić information content (AvgIpc) is 3.98. The van der Waals surface area contributed by atoms with Gasteiger partial charge < -0.3 is 30.4 Å². The standard InChI is InChI=1S/C44H34N4O4/c49-41-37-33(25-13-5-1-6-14-25)29-21-22-30(45-29)34(26-15-7-2-8-16-26)39-43(51)44(52)40(48-39)36(28-19-11-4-12-20-28)32-24-23-31(46-32)35(38(47-37)42(41)50)27-17-9-3-10-18-27/h1-24,41-46,49-52H/t41-,42+,43-,44+. The van der Waals surface area contributed by atoms with Gasteiger partial charge in [0.05, 0.1) is 22.8 Å². The highest BCUT2D eigenvalue weighted by Crippen LogP contribution is 2.46. The zero-order valence-electron chi connectivity index (χ0n) is 27.8. The third-order valence-corrected chi connectivity index (χ3v) is 9.92. The van der Waals surface area contributed by atoms with E-state index < -0.39 is 24.4 Å². The lowest BCUT2D eigenvalue weighted by atomic mass is 9.97. The molecule has 3 aromatic heterocycles. The summed E-state index contributed by atoms with van der Waals surface area (Å²) in [6.07, 6.45) is -5.34. The number of aromatic nitrogens is 4. The van der Waals surface area contributed by atoms with E-state index in [2.05, 4.69) is 9.97 Å². The second kappa shape index (κ2) is 12.9. The molecule has 6 N–H and O–H groups in total. The summed E-state index contributed by atoms with van der Waals surface area (Å²) in [4.78, 5) is 17.3. The molecule has 4 atom stereocenters. The summed E-state index contributed by atoms with van der Waals surface area (Å²) in [6.45, 7) is 0. The summed E-state index contributed by atoms with van der Waals surface area (Å²) in [7, 11) is 0. The van der Waals surface area contributed by atoms with Crippen LogP contribution >= 0.6 is 0 Å². The maximum atomic E-state index is 11.9. The summed E-state index contributed by atoms with van der Waals surface area (Å²) in [6, 6.07) is 46.2. The third kappa shape index (κ3) is 5.25. The van der Waals surface area contributed by atoms with E-state index in [1.54, 1.807) is 0 Å². The Kier molecular flexibility index (Phi) is 7.87. The summed E-state index contributed by atoms with van der Waals surface area (Å²) in [5.41, 5.74) is 9.48. The van der Waals surface area contributed by atoms with Crippen LogP contribution in [0, 0.1) is 0 Å². The first-order valence-corrected chi connectivity index (χ1v) is 17.2. The minimum absolute atomic E-state index is 0.316. The van der Waals surface area contributed by atoms with Gasteiger partial charge in [0.2, 0.25) is 0 Å². The average molecular weight is 683 g/mol. The van der Waals surface area contributed by atoms with Crippen LogP contribution in [0.4, 0.5) is 0 Å². The van der Waals surface area contributed by atoms with Crippen LogP contribution in [0.25, 0.3) is 66.6 Å². The first kappa shape index (κ1) is 31.8. The Hall–Kier alpha value is -6.16. The minimum atomic E-state index is -1.34. The smallest absolute Gasteiger partial charge is 0.128 e. The molecule has 0 saturated carbocycles. The highest BCUT2D eigenvalue weighted by atomic mass is 16.3. The van der Waals surface area contributed by atoms with Gasteiger partial charge in [-0.1, -0.05) is 121 Å². The SMILES string of the molecule is O[C@@H]1c2nc(c(-c3ccccc3)c3ccc([nH]3)c(-c3ccccc3)c3nc(c(-c4ccccc4)c4ccc([nH]4)c2-c2ccccc2)[C@@H](O)[C@H]3O)[C@@H]1O. The number of benzene rings is 4. The number of H-pyrrole nitrogens is 2. The molecule has 4 aromatic carbocycles. The molecule has 0 unspecified atom stereocenters. The molecule has 8 heteroatoms. The zero-order chi connectivity index (χ0) is 35.3. The summed E-state index contributed by atoms with van der Waals surface area (Å²) in [5.74, 6) is 0. The van der Waals surface area contributed by atoms with Gasteiger partial charge in [0.25, 0.3) is 0 Å². The number of hydrogen-bond acceptors (Lipinski definition) is 6. The Balaban J connectivity index is 1.53. The fraction of sp³-hybridized carbons (Fsp3) is 0.0909. The highest BCUT2D eigenvalue weighted by molar-refractivity contribution is 5.92. The Morgan fingerprint density at radius 3 is 0.731 bits per heavy atom. The molecular formula is C44H34N4O4. The van der Waals surface area contributed by atoms with E-state index in [1.807, 2.05) is 146 Å². The number of aliphatic hydroxyl groups excluding tert-OH is 4. The number of rotatable bonds is 4. The van der Waals surface area contributed by atoms with Gasteiger partial charge in [0, 0.05) is 44.3 Å². The molecule has 8 nitrogen and oxygen atoms in total. The second-order valence-electron chi connectivity index (χ2n) is 13.1. The molecule has 254 valence electrons. The van der Waals surface area contributed by atoms with Gasteiger partial charge in [-0.3, -0.25) is 9.97 Å². The second-order valence-corrected chi connectivity index (χ2v) is 13.1. The van der Waals surface area contributed by atoms with Crippen molar-refractivity contribution in [1.29, 1.82) is 0 Å². The van der Waals surface area contributed by atoms with E-state index in [9.17, 15) is 20.4 Å². The van der Waals surface area contributed by atoms with Gasteiger partial charge in [-0.05, 0) is 46.5 Å². The summed E-state index contributed by atoms with van der Waals surface area (Å²) < 4.78 is 0. The van der Waals surface area contributed by atoms with E-state index in [-0.39, 0.29) is 0 Å². The van der Waals surface area contributed by atoms with Crippen molar-refractivity contribution in [2.45, 2.75) is 24.4 Å². The molecular weight excluding hydrogens is 649 g/mol. The predicted octanol–water partition coefficient (Wildman–Crippen LogP) is 8.52. The van der Waals surface area contributed by atoms with Gasteiger partial charge in [-0.2, -0.15) is 0 Å². The van der Waals surface area contributed by atoms with E-state index in [0.29, 0.717) is 67.1 Å². The maximum absolute atomic E-state index is 11.9. The van der Waals surface area contributed by atoms with Crippen molar-refractivity contribution >= 4 is 22.1 Å². The largest absolute Gasteiger partial charge is 0.384 e. The Morgan fingerprint density at radius 2 is 0.519 bits per heavy atom. The topological polar surface area (TPSA) is 138 Å². The fourth-order valence-electron chi connectivity index (χ4n) is 7.50. The van der Waals surface area contributed by atoms with Gasteiger partial charge in [-0.25, -0.2) is 0 Å². The van der Waals surface area contributed by atoms with E-state index in [1.165, 1.54) is 0 Å². The Morgan fingerprint density at radius 1 is 0.308 bits per heavy atom. The molecule has 0 spiro atoms. The molecule has 8 bridgehead atoms. The van der Waals surface area contributed by atoms with Crippen LogP contribution in [0.1, 0.15) is 47.2 Å². The Bertz CT molecular complexity index is 2230. The number of nitrogens with one attached hydrogen (secondary N) is 2. The number of fused-ring (bicyclic) bond motifs is 8. The molecule has 7 aromatic rings. The maximum Gasteiger partial charge on any atom is 0.128 e. The fourth-order valence-corrected chi connectivity index (χ4v) is 7.50. The predicted molar refractivity (Wildman–Crippen MR) is 203 cm³/mol. The quantitative estimate of drug-likeness (QED) is 0.110. The zero-order valence-corrected chi connectivity index (χ0v) is 27.8.